The molecule has 1 amide bonds. The Labute approximate surface area is 150 Å². The lowest BCUT2D eigenvalue weighted by atomic mass is 9.91. The number of para-hydroxylation sites is 1. The second-order valence-corrected chi connectivity index (χ2v) is 7.84. The molecule has 2 aliphatic heterocycles. The summed E-state index contributed by atoms with van der Waals surface area (Å²) in [4.78, 5) is 16.2. The second kappa shape index (κ2) is 7.73. The van der Waals surface area contributed by atoms with Crippen LogP contribution in [0.5, 0.6) is 0 Å². The van der Waals surface area contributed by atoms with E-state index in [0.717, 1.165) is 44.7 Å². The highest BCUT2D eigenvalue weighted by Gasteiger charge is 2.38. The first kappa shape index (κ1) is 18.2. The van der Waals surface area contributed by atoms with Crippen LogP contribution in [-0.4, -0.2) is 49.1 Å². The fraction of sp³-hybridized carbons (Fsp3) is 0.650. The van der Waals surface area contributed by atoms with Gasteiger partial charge in [-0.25, -0.2) is 4.39 Å². The van der Waals surface area contributed by atoms with Crippen molar-refractivity contribution in [3.05, 3.63) is 30.1 Å². The topological polar surface area (TPSA) is 35.6 Å². The maximum Gasteiger partial charge on any atom is 0.217 e. The number of carbonyl (C=O) groups excluding carboxylic acids is 1. The summed E-state index contributed by atoms with van der Waals surface area (Å²) in [7, 11) is 0. The number of hydrogen-bond acceptors (Lipinski definition) is 3. The minimum atomic E-state index is -0.132. The smallest absolute Gasteiger partial charge is 0.217 e. The third-order valence-corrected chi connectivity index (χ3v) is 5.81. The average Bonchev–Trinajstić information content (AvgIpc) is 2.99. The van der Waals surface area contributed by atoms with Gasteiger partial charge in [-0.2, -0.15) is 0 Å². The molecule has 2 atom stereocenters. The molecule has 0 aromatic heterocycles. The number of hydrogen-bond donors (Lipinski definition) is 1. The number of piperidine rings is 1. The number of halogens is 1. The van der Waals surface area contributed by atoms with E-state index in [-0.39, 0.29) is 17.8 Å². The molecule has 25 heavy (non-hydrogen) atoms. The Morgan fingerprint density at radius 3 is 2.48 bits per heavy atom. The summed E-state index contributed by atoms with van der Waals surface area (Å²) >= 11 is 0. The van der Waals surface area contributed by atoms with E-state index in [0.29, 0.717) is 17.9 Å². The summed E-state index contributed by atoms with van der Waals surface area (Å²) in [6, 6.07) is 7.82. The van der Waals surface area contributed by atoms with E-state index in [9.17, 15) is 9.18 Å². The minimum absolute atomic E-state index is 0.0619. The molecule has 3 rings (SSSR count). The highest BCUT2D eigenvalue weighted by molar-refractivity contribution is 5.73. The number of rotatable bonds is 4. The third-order valence-electron chi connectivity index (χ3n) is 5.81. The Morgan fingerprint density at radius 2 is 1.88 bits per heavy atom. The molecule has 2 saturated heterocycles. The first-order chi connectivity index (χ1) is 12.0. The predicted octanol–water partition coefficient (Wildman–Crippen LogP) is 2.89. The van der Waals surface area contributed by atoms with Crippen LogP contribution in [0, 0.1) is 17.7 Å². The monoisotopic (exact) mass is 347 g/mol. The van der Waals surface area contributed by atoms with Crippen LogP contribution in [0.4, 0.5) is 10.1 Å². The number of nitrogens with zero attached hydrogens (tertiary/aromatic N) is 2. The van der Waals surface area contributed by atoms with Gasteiger partial charge in [0.2, 0.25) is 5.91 Å². The van der Waals surface area contributed by atoms with Gasteiger partial charge in [0, 0.05) is 45.2 Å². The molecule has 0 bridgehead atoms. The zero-order chi connectivity index (χ0) is 18.0. The lowest BCUT2D eigenvalue weighted by Gasteiger charge is -2.38. The van der Waals surface area contributed by atoms with Crippen molar-refractivity contribution in [2.24, 2.45) is 11.8 Å². The Hall–Kier alpha value is -1.62. The molecule has 0 aliphatic carbocycles. The van der Waals surface area contributed by atoms with Crippen molar-refractivity contribution in [3.8, 4) is 0 Å². The summed E-state index contributed by atoms with van der Waals surface area (Å²) in [5.74, 6) is 0.994. The summed E-state index contributed by atoms with van der Waals surface area (Å²) in [5, 5.41) is 3.14. The standard InChI is InChI=1S/C20H30FN3O/c1-14(2)17-12-24(13-19(17)22-15(3)25)16-8-10-23(11-9-16)20-7-5-4-6-18(20)21/h4-7,14,16-17,19H,8-13H2,1-3H3,(H,22,25)/t17-,19+/m0/s1. The van der Waals surface area contributed by atoms with E-state index < -0.39 is 0 Å². The van der Waals surface area contributed by atoms with Crippen LogP contribution < -0.4 is 10.2 Å². The fourth-order valence-electron chi connectivity index (χ4n) is 4.43. The highest BCUT2D eigenvalue weighted by Crippen LogP contribution is 2.30. The van der Waals surface area contributed by atoms with E-state index in [4.69, 9.17) is 0 Å². The Bertz CT molecular complexity index is 598. The Kier molecular flexibility index (Phi) is 5.62. The van der Waals surface area contributed by atoms with Crippen LogP contribution in [-0.2, 0) is 4.79 Å². The van der Waals surface area contributed by atoms with Crippen molar-refractivity contribution < 1.29 is 9.18 Å². The van der Waals surface area contributed by atoms with Gasteiger partial charge in [-0.05, 0) is 36.8 Å². The van der Waals surface area contributed by atoms with E-state index in [1.165, 1.54) is 6.07 Å². The van der Waals surface area contributed by atoms with Crippen molar-refractivity contribution >= 4 is 11.6 Å². The first-order valence-electron chi connectivity index (χ1n) is 9.46. The van der Waals surface area contributed by atoms with E-state index in [1.54, 1.807) is 13.0 Å². The van der Waals surface area contributed by atoms with Crippen LogP contribution in [0.1, 0.15) is 33.6 Å². The van der Waals surface area contributed by atoms with Gasteiger partial charge in [0.1, 0.15) is 5.82 Å². The van der Waals surface area contributed by atoms with Gasteiger partial charge in [-0.15, -0.1) is 0 Å². The predicted molar refractivity (Wildman–Crippen MR) is 99.1 cm³/mol. The fourth-order valence-corrected chi connectivity index (χ4v) is 4.43. The zero-order valence-corrected chi connectivity index (χ0v) is 15.5. The van der Waals surface area contributed by atoms with Gasteiger partial charge < -0.3 is 10.2 Å². The minimum Gasteiger partial charge on any atom is -0.369 e. The van der Waals surface area contributed by atoms with Crippen molar-refractivity contribution in [2.75, 3.05) is 31.1 Å². The third kappa shape index (κ3) is 4.14. The number of carbonyl (C=O) groups is 1. The molecule has 2 fully saturated rings. The number of benzene rings is 1. The maximum absolute atomic E-state index is 14.0. The molecule has 0 radical (unpaired) electrons. The quantitative estimate of drug-likeness (QED) is 0.910. The molecule has 1 aromatic rings. The molecule has 4 nitrogen and oxygen atoms in total. The first-order valence-corrected chi connectivity index (χ1v) is 9.46. The van der Waals surface area contributed by atoms with Crippen LogP contribution in [0.25, 0.3) is 0 Å². The zero-order valence-electron chi connectivity index (χ0n) is 15.5. The van der Waals surface area contributed by atoms with Crippen LogP contribution in [0.15, 0.2) is 24.3 Å². The average molecular weight is 347 g/mol. The van der Waals surface area contributed by atoms with Gasteiger partial charge in [0.15, 0.2) is 0 Å². The second-order valence-electron chi connectivity index (χ2n) is 7.84. The number of nitrogens with one attached hydrogen (secondary N) is 1. The molecule has 0 spiro atoms. The van der Waals surface area contributed by atoms with E-state index in [2.05, 4.69) is 29.0 Å². The maximum atomic E-state index is 14.0. The normalized spacial score (nSPS) is 25.6. The summed E-state index contributed by atoms with van der Waals surface area (Å²) < 4.78 is 14.0. The molecule has 0 saturated carbocycles. The number of anilines is 1. The summed E-state index contributed by atoms with van der Waals surface area (Å²) in [5.41, 5.74) is 0.721. The molecule has 2 aliphatic rings. The molecular formula is C20H30FN3O. The molecule has 5 heteroatoms. The molecule has 0 unspecified atom stereocenters. The van der Waals surface area contributed by atoms with E-state index in [1.807, 2.05) is 12.1 Å². The van der Waals surface area contributed by atoms with E-state index >= 15 is 0 Å². The van der Waals surface area contributed by atoms with Crippen LogP contribution in [0.3, 0.4) is 0 Å². The van der Waals surface area contributed by atoms with Gasteiger partial charge in [0.25, 0.3) is 0 Å². The van der Waals surface area contributed by atoms with Crippen LogP contribution >= 0.6 is 0 Å². The van der Waals surface area contributed by atoms with Crippen molar-refractivity contribution in [3.63, 3.8) is 0 Å². The molecule has 138 valence electrons. The van der Waals surface area contributed by atoms with Gasteiger partial charge in [0.05, 0.1) is 5.69 Å². The summed E-state index contributed by atoms with van der Waals surface area (Å²) in [6.45, 7) is 9.85. The summed E-state index contributed by atoms with van der Waals surface area (Å²) in [6.07, 6.45) is 2.10. The van der Waals surface area contributed by atoms with Gasteiger partial charge in [-0.3, -0.25) is 9.69 Å². The van der Waals surface area contributed by atoms with Gasteiger partial charge >= 0.3 is 0 Å². The number of amides is 1. The SMILES string of the molecule is CC(=O)N[C@@H]1CN(C2CCN(c3ccccc3F)CC2)C[C@H]1C(C)C. The largest absolute Gasteiger partial charge is 0.369 e. The van der Waals surface area contributed by atoms with Gasteiger partial charge in [-0.1, -0.05) is 26.0 Å². The Balaban J connectivity index is 1.59. The highest BCUT2D eigenvalue weighted by atomic mass is 19.1. The molecular weight excluding hydrogens is 317 g/mol. The lowest BCUT2D eigenvalue weighted by molar-refractivity contribution is -0.119. The van der Waals surface area contributed by atoms with Crippen molar-refractivity contribution in [2.45, 2.75) is 45.7 Å². The molecule has 1 N–H and O–H groups in total. The molecule has 2 heterocycles. The van der Waals surface area contributed by atoms with Crippen LogP contribution in [0.2, 0.25) is 0 Å². The van der Waals surface area contributed by atoms with Crippen molar-refractivity contribution in [1.82, 2.24) is 10.2 Å². The Morgan fingerprint density at radius 1 is 1.20 bits per heavy atom. The number of likely N-dealkylation sites (tertiary alicyclic amines) is 1. The lowest BCUT2D eigenvalue weighted by Crippen LogP contribution is -2.45. The van der Waals surface area contributed by atoms with Crippen molar-refractivity contribution in [1.29, 1.82) is 0 Å². The molecule has 1 aromatic carbocycles.